The van der Waals surface area contributed by atoms with Gasteiger partial charge in [-0.05, 0) is 55.2 Å². The van der Waals surface area contributed by atoms with E-state index in [0.29, 0.717) is 17.2 Å². The predicted octanol–water partition coefficient (Wildman–Crippen LogP) is 4.86. The van der Waals surface area contributed by atoms with E-state index in [4.69, 9.17) is 22.1 Å². The molecular weight excluding hydrogens is 289 g/mol. The van der Waals surface area contributed by atoms with Gasteiger partial charge in [0, 0.05) is 11.1 Å². The van der Waals surface area contributed by atoms with Gasteiger partial charge in [0.05, 0.1) is 0 Å². The highest BCUT2D eigenvalue weighted by atomic mass is 35.5. The quantitative estimate of drug-likeness (QED) is 0.856. The molecule has 0 aliphatic carbocycles. The lowest BCUT2D eigenvalue weighted by Gasteiger charge is -2.16. The fourth-order valence-electron chi connectivity index (χ4n) is 2.09. The normalized spacial score (nSPS) is 12.2. The number of aryl methyl sites for hydroxylation is 1. The highest BCUT2D eigenvalue weighted by molar-refractivity contribution is 6.30. The van der Waals surface area contributed by atoms with Crippen molar-refractivity contribution in [2.75, 3.05) is 0 Å². The van der Waals surface area contributed by atoms with Crippen molar-refractivity contribution < 1.29 is 9.13 Å². The lowest BCUT2D eigenvalue weighted by atomic mass is 10.0. The van der Waals surface area contributed by atoms with Gasteiger partial charge < -0.3 is 10.5 Å². The zero-order valence-electron chi connectivity index (χ0n) is 12.2. The summed E-state index contributed by atoms with van der Waals surface area (Å²) < 4.78 is 19.9. The molecule has 0 amide bonds. The maximum Gasteiger partial charge on any atom is 0.166 e. The largest absolute Gasteiger partial charge is 0.454 e. The minimum Gasteiger partial charge on any atom is -0.454 e. The topological polar surface area (TPSA) is 35.2 Å². The Hall–Kier alpha value is -1.58. The van der Waals surface area contributed by atoms with Gasteiger partial charge in [-0.15, -0.1) is 0 Å². The molecule has 0 aromatic heterocycles. The number of benzene rings is 2. The first-order valence-electron chi connectivity index (χ1n) is 6.98. The standard InChI is InChI=1S/C17H19ClFNO/c1-3-14(20)10-12-5-4-6-15(19)17(12)21-16-8-7-13(18)9-11(16)2/h4-9,14H,3,10,20H2,1-2H3. The summed E-state index contributed by atoms with van der Waals surface area (Å²) in [5, 5.41) is 0.626. The smallest absolute Gasteiger partial charge is 0.166 e. The van der Waals surface area contributed by atoms with E-state index >= 15 is 0 Å². The van der Waals surface area contributed by atoms with Crippen LogP contribution in [0.3, 0.4) is 0 Å². The Morgan fingerprint density at radius 2 is 2.05 bits per heavy atom. The number of hydrogen-bond donors (Lipinski definition) is 1. The van der Waals surface area contributed by atoms with Crippen LogP contribution in [0, 0.1) is 12.7 Å². The SMILES string of the molecule is CCC(N)Cc1cccc(F)c1Oc1ccc(Cl)cc1C. The summed E-state index contributed by atoms with van der Waals surface area (Å²) in [6.45, 7) is 3.88. The number of halogens is 2. The maximum atomic E-state index is 14.1. The van der Waals surface area contributed by atoms with E-state index in [2.05, 4.69) is 0 Å². The van der Waals surface area contributed by atoms with Crippen LogP contribution in [0.1, 0.15) is 24.5 Å². The second kappa shape index (κ2) is 6.92. The van der Waals surface area contributed by atoms with Crippen LogP contribution in [0.25, 0.3) is 0 Å². The minimum atomic E-state index is -0.384. The van der Waals surface area contributed by atoms with Crippen LogP contribution in [0.2, 0.25) is 5.02 Å². The molecular formula is C17H19ClFNO. The van der Waals surface area contributed by atoms with Crippen molar-refractivity contribution in [3.05, 3.63) is 58.4 Å². The molecule has 0 bridgehead atoms. The third-order valence-electron chi connectivity index (χ3n) is 3.40. The Morgan fingerprint density at radius 3 is 2.71 bits per heavy atom. The molecule has 0 saturated carbocycles. The molecule has 1 atom stereocenters. The monoisotopic (exact) mass is 307 g/mol. The third kappa shape index (κ3) is 3.96. The van der Waals surface area contributed by atoms with E-state index in [1.165, 1.54) is 6.07 Å². The molecule has 112 valence electrons. The Morgan fingerprint density at radius 1 is 1.29 bits per heavy atom. The molecule has 0 aliphatic rings. The van der Waals surface area contributed by atoms with Gasteiger partial charge in [-0.3, -0.25) is 0 Å². The molecule has 0 heterocycles. The average Bonchev–Trinajstić information content (AvgIpc) is 2.44. The van der Waals surface area contributed by atoms with Crippen LogP contribution in [0.15, 0.2) is 36.4 Å². The van der Waals surface area contributed by atoms with Gasteiger partial charge >= 0.3 is 0 Å². The van der Waals surface area contributed by atoms with Gasteiger partial charge in [0.15, 0.2) is 11.6 Å². The Labute approximate surface area is 129 Å². The van der Waals surface area contributed by atoms with Crippen LogP contribution in [0.4, 0.5) is 4.39 Å². The van der Waals surface area contributed by atoms with E-state index in [0.717, 1.165) is 17.5 Å². The van der Waals surface area contributed by atoms with E-state index in [1.54, 1.807) is 24.3 Å². The number of rotatable bonds is 5. The van der Waals surface area contributed by atoms with Crippen LogP contribution in [-0.4, -0.2) is 6.04 Å². The number of para-hydroxylation sites is 1. The van der Waals surface area contributed by atoms with E-state index in [1.807, 2.05) is 19.9 Å². The van der Waals surface area contributed by atoms with Crippen LogP contribution in [-0.2, 0) is 6.42 Å². The van der Waals surface area contributed by atoms with Gasteiger partial charge in [-0.25, -0.2) is 4.39 Å². The molecule has 0 saturated heterocycles. The van der Waals surface area contributed by atoms with Crippen molar-refractivity contribution >= 4 is 11.6 Å². The fraction of sp³-hybridized carbons (Fsp3) is 0.294. The van der Waals surface area contributed by atoms with Crippen molar-refractivity contribution in [1.82, 2.24) is 0 Å². The first kappa shape index (κ1) is 15.8. The number of ether oxygens (including phenoxy) is 1. The van der Waals surface area contributed by atoms with E-state index in [-0.39, 0.29) is 17.6 Å². The first-order chi connectivity index (χ1) is 10.0. The molecule has 2 aromatic carbocycles. The van der Waals surface area contributed by atoms with Gasteiger partial charge in [0.1, 0.15) is 5.75 Å². The maximum absolute atomic E-state index is 14.1. The first-order valence-corrected chi connectivity index (χ1v) is 7.36. The zero-order valence-corrected chi connectivity index (χ0v) is 13.0. The lowest BCUT2D eigenvalue weighted by Crippen LogP contribution is -2.21. The fourth-order valence-corrected chi connectivity index (χ4v) is 2.32. The molecule has 2 aromatic rings. The molecule has 2 N–H and O–H groups in total. The van der Waals surface area contributed by atoms with E-state index in [9.17, 15) is 4.39 Å². The van der Waals surface area contributed by atoms with Crippen LogP contribution in [0.5, 0.6) is 11.5 Å². The zero-order chi connectivity index (χ0) is 15.4. The lowest BCUT2D eigenvalue weighted by molar-refractivity contribution is 0.431. The highest BCUT2D eigenvalue weighted by Crippen LogP contribution is 2.32. The Balaban J connectivity index is 2.34. The summed E-state index contributed by atoms with van der Waals surface area (Å²) in [6.07, 6.45) is 1.41. The third-order valence-corrected chi connectivity index (χ3v) is 3.64. The van der Waals surface area contributed by atoms with Gasteiger partial charge in [-0.2, -0.15) is 0 Å². The van der Waals surface area contributed by atoms with Crippen molar-refractivity contribution in [2.45, 2.75) is 32.7 Å². The summed E-state index contributed by atoms with van der Waals surface area (Å²) in [5.74, 6) is 0.452. The molecule has 0 fully saturated rings. The van der Waals surface area contributed by atoms with Crippen molar-refractivity contribution in [3.8, 4) is 11.5 Å². The highest BCUT2D eigenvalue weighted by Gasteiger charge is 2.14. The molecule has 4 heteroatoms. The second-order valence-electron chi connectivity index (χ2n) is 5.11. The van der Waals surface area contributed by atoms with Crippen LogP contribution >= 0.6 is 11.6 Å². The number of hydrogen-bond acceptors (Lipinski definition) is 2. The van der Waals surface area contributed by atoms with Crippen molar-refractivity contribution in [2.24, 2.45) is 5.73 Å². The van der Waals surface area contributed by atoms with Gasteiger partial charge in [0.2, 0.25) is 0 Å². The van der Waals surface area contributed by atoms with Crippen LogP contribution < -0.4 is 10.5 Å². The molecule has 0 spiro atoms. The Bertz CT molecular complexity index is 630. The second-order valence-corrected chi connectivity index (χ2v) is 5.55. The molecule has 21 heavy (non-hydrogen) atoms. The summed E-state index contributed by atoms with van der Waals surface area (Å²) in [6, 6.07) is 10.2. The van der Waals surface area contributed by atoms with E-state index < -0.39 is 0 Å². The molecule has 0 aliphatic heterocycles. The van der Waals surface area contributed by atoms with Crippen molar-refractivity contribution in [1.29, 1.82) is 0 Å². The summed E-state index contributed by atoms with van der Waals surface area (Å²) >= 11 is 5.92. The summed E-state index contributed by atoms with van der Waals surface area (Å²) in [5.41, 5.74) is 7.61. The number of nitrogens with two attached hydrogens (primary N) is 1. The summed E-state index contributed by atoms with van der Waals surface area (Å²) in [7, 11) is 0. The van der Waals surface area contributed by atoms with Crippen molar-refractivity contribution in [3.63, 3.8) is 0 Å². The molecule has 2 nitrogen and oxygen atoms in total. The predicted molar refractivity (Wildman–Crippen MR) is 84.6 cm³/mol. The Kier molecular flexibility index (Phi) is 5.21. The van der Waals surface area contributed by atoms with Gasteiger partial charge in [-0.1, -0.05) is 30.7 Å². The minimum absolute atomic E-state index is 0.0135. The molecule has 1 unspecified atom stereocenters. The molecule has 0 radical (unpaired) electrons. The average molecular weight is 308 g/mol. The van der Waals surface area contributed by atoms with Gasteiger partial charge in [0.25, 0.3) is 0 Å². The summed E-state index contributed by atoms with van der Waals surface area (Å²) in [4.78, 5) is 0. The molecule has 2 rings (SSSR count).